The summed E-state index contributed by atoms with van der Waals surface area (Å²) in [6, 6.07) is 16.9. The molecule has 0 spiro atoms. The molecule has 1 aliphatic heterocycles. The minimum Gasteiger partial charge on any atom is -0.481 e. The summed E-state index contributed by atoms with van der Waals surface area (Å²) in [5.74, 6) is -2.19. The second-order valence-corrected chi connectivity index (χ2v) is 9.94. The number of carbonyl (C=O) groups excluding carboxylic acids is 1. The van der Waals surface area contributed by atoms with Crippen LogP contribution in [-0.2, 0) is 20.9 Å². The van der Waals surface area contributed by atoms with Crippen molar-refractivity contribution in [1.82, 2.24) is 10.6 Å². The molecule has 1 saturated heterocycles. The van der Waals surface area contributed by atoms with Crippen LogP contribution >= 0.6 is 0 Å². The summed E-state index contributed by atoms with van der Waals surface area (Å²) in [5.41, 5.74) is 0.341. The number of carbonyl (C=O) groups is 2. The van der Waals surface area contributed by atoms with Gasteiger partial charge in [-0.25, -0.2) is 0 Å². The Bertz CT molecular complexity index is 1050. The van der Waals surface area contributed by atoms with E-state index in [2.05, 4.69) is 10.6 Å². The Morgan fingerprint density at radius 3 is 2.35 bits per heavy atom. The lowest BCUT2D eigenvalue weighted by atomic mass is 9.74. The highest BCUT2D eigenvalue weighted by atomic mass is 16.6. The molecule has 1 heterocycles. The van der Waals surface area contributed by atoms with Crippen LogP contribution in [0.4, 0.5) is 0 Å². The summed E-state index contributed by atoms with van der Waals surface area (Å²) in [4.78, 5) is 36.9. The smallest absolute Gasteiger partial charge is 0.303 e. The molecule has 3 unspecified atom stereocenters. The molecule has 0 bridgehead atoms. The van der Waals surface area contributed by atoms with Gasteiger partial charge < -0.3 is 15.2 Å². The first-order valence-electron chi connectivity index (χ1n) is 12.8. The monoisotopic (exact) mass is 511 g/mol. The number of carboxylic acids is 1. The summed E-state index contributed by atoms with van der Waals surface area (Å²) < 4.78 is 6.43. The van der Waals surface area contributed by atoms with E-state index in [-0.39, 0.29) is 36.8 Å². The van der Waals surface area contributed by atoms with E-state index < -0.39 is 41.5 Å². The van der Waals surface area contributed by atoms with Crippen LogP contribution in [0.1, 0.15) is 57.2 Å². The van der Waals surface area contributed by atoms with E-state index in [0.717, 1.165) is 11.1 Å². The van der Waals surface area contributed by atoms with Crippen molar-refractivity contribution in [2.24, 2.45) is 11.8 Å². The lowest BCUT2D eigenvalue weighted by Crippen LogP contribution is -2.60. The average molecular weight is 512 g/mol. The van der Waals surface area contributed by atoms with Gasteiger partial charge in [-0.05, 0) is 30.4 Å². The van der Waals surface area contributed by atoms with Gasteiger partial charge in [0.2, 0.25) is 11.9 Å². The SMILES string of the molecule is CC[C@H](C)C(OCc1ccccc1)C1C([N+](=O)[O-])[C@H](c2ccccc2)N[C@]1(C)C(=O)NCCCC(=O)O. The largest absolute Gasteiger partial charge is 0.481 e. The van der Waals surface area contributed by atoms with Crippen molar-refractivity contribution < 1.29 is 24.4 Å². The van der Waals surface area contributed by atoms with E-state index in [1.54, 1.807) is 6.92 Å². The minimum atomic E-state index is -1.33. The number of hydrogen-bond donors (Lipinski definition) is 3. The van der Waals surface area contributed by atoms with Gasteiger partial charge >= 0.3 is 5.97 Å². The highest BCUT2D eigenvalue weighted by Gasteiger charge is 2.64. The third kappa shape index (κ3) is 6.72. The van der Waals surface area contributed by atoms with Crippen LogP contribution in [0, 0.1) is 22.0 Å². The van der Waals surface area contributed by atoms with E-state index in [0.29, 0.717) is 6.42 Å². The first-order chi connectivity index (χ1) is 17.7. The quantitative estimate of drug-likeness (QED) is 0.211. The molecule has 37 heavy (non-hydrogen) atoms. The molecule has 2 aromatic rings. The van der Waals surface area contributed by atoms with Crippen molar-refractivity contribution in [1.29, 1.82) is 0 Å². The van der Waals surface area contributed by atoms with Crippen LogP contribution in [0.15, 0.2) is 60.7 Å². The number of ether oxygens (including phenoxy) is 1. The van der Waals surface area contributed by atoms with E-state index in [4.69, 9.17) is 9.84 Å². The number of nitro groups is 1. The molecule has 6 atom stereocenters. The fraction of sp³-hybridized carbons (Fsp3) is 0.500. The van der Waals surface area contributed by atoms with Crippen molar-refractivity contribution in [2.45, 2.75) is 70.4 Å². The van der Waals surface area contributed by atoms with Crippen molar-refractivity contribution in [3.63, 3.8) is 0 Å². The van der Waals surface area contributed by atoms with Gasteiger partial charge in [-0.2, -0.15) is 0 Å². The van der Waals surface area contributed by atoms with E-state index >= 15 is 0 Å². The number of amides is 1. The topological polar surface area (TPSA) is 131 Å². The maximum Gasteiger partial charge on any atom is 0.303 e. The predicted molar refractivity (Wildman–Crippen MR) is 139 cm³/mol. The van der Waals surface area contributed by atoms with Gasteiger partial charge in [0.15, 0.2) is 0 Å². The van der Waals surface area contributed by atoms with Crippen molar-refractivity contribution in [3.8, 4) is 0 Å². The molecule has 2 aromatic carbocycles. The molecule has 3 N–H and O–H groups in total. The Morgan fingerprint density at radius 2 is 1.78 bits per heavy atom. The number of aliphatic carboxylic acids is 1. The normalized spacial score (nSPS) is 24.8. The molecule has 0 aromatic heterocycles. The lowest BCUT2D eigenvalue weighted by Gasteiger charge is -2.37. The number of carboxylic acid groups (broad SMARTS) is 1. The van der Waals surface area contributed by atoms with E-state index in [1.807, 2.05) is 74.5 Å². The Labute approximate surface area is 217 Å². The summed E-state index contributed by atoms with van der Waals surface area (Å²) >= 11 is 0. The van der Waals surface area contributed by atoms with Crippen LogP contribution in [0.5, 0.6) is 0 Å². The maximum absolute atomic E-state index is 13.7. The summed E-state index contributed by atoms with van der Waals surface area (Å²) in [6.07, 6.45) is 0.319. The average Bonchev–Trinajstić information content (AvgIpc) is 3.22. The zero-order valence-electron chi connectivity index (χ0n) is 21.6. The molecule has 0 saturated carbocycles. The van der Waals surface area contributed by atoms with E-state index in [9.17, 15) is 19.7 Å². The minimum absolute atomic E-state index is 0.0633. The molecule has 0 radical (unpaired) electrons. The van der Waals surface area contributed by atoms with Gasteiger partial charge in [0.1, 0.15) is 11.6 Å². The molecular formula is C28H37N3O6. The van der Waals surface area contributed by atoms with Crippen LogP contribution in [-0.4, -0.2) is 46.1 Å². The lowest BCUT2D eigenvalue weighted by molar-refractivity contribution is -0.536. The molecule has 9 nitrogen and oxygen atoms in total. The van der Waals surface area contributed by atoms with Gasteiger partial charge in [0, 0.05) is 17.9 Å². The van der Waals surface area contributed by atoms with Crippen molar-refractivity contribution in [2.75, 3.05) is 6.54 Å². The zero-order valence-corrected chi connectivity index (χ0v) is 21.6. The molecule has 0 aliphatic carbocycles. The zero-order chi connectivity index (χ0) is 27.0. The fourth-order valence-electron chi connectivity index (χ4n) is 5.23. The highest BCUT2D eigenvalue weighted by molar-refractivity contribution is 5.87. The van der Waals surface area contributed by atoms with Crippen LogP contribution < -0.4 is 10.6 Å². The molecule has 200 valence electrons. The second kappa shape index (κ2) is 12.8. The summed E-state index contributed by atoms with van der Waals surface area (Å²) in [7, 11) is 0. The molecule has 1 aliphatic rings. The van der Waals surface area contributed by atoms with Crippen LogP contribution in [0.2, 0.25) is 0 Å². The van der Waals surface area contributed by atoms with Crippen molar-refractivity contribution in [3.05, 3.63) is 81.9 Å². The highest BCUT2D eigenvalue weighted by Crippen LogP contribution is 2.45. The number of rotatable bonds is 13. The van der Waals surface area contributed by atoms with Gasteiger partial charge in [-0.15, -0.1) is 0 Å². The second-order valence-electron chi connectivity index (χ2n) is 9.94. The Hall–Kier alpha value is -3.30. The third-order valence-electron chi connectivity index (χ3n) is 7.40. The Morgan fingerprint density at radius 1 is 1.16 bits per heavy atom. The van der Waals surface area contributed by atoms with Crippen molar-refractivity contribution >= 4 is 11.9 Å². The van der Waals surface area contributed by atoms with Crippen LogP contribution in [0.25, 0.3) is 0 Å². The van der Waals surface area contributed by atoms with Gasteiger partial charge in [0.05, 0.1) is 18.6 Å². The van der Waals surface area contributed by atoms with Crippen LogP contribution in [0.3, 0.4) is 0 Å². The summed E-state index contributed by atoms with van der Waals surface area (Å²) in [6.45, 7) is 6.12. The molecule has 9 heteroatoms. The number of hydrogen-bond acceptors (Lipinski definition) is 6. The summed E-state index contributed by atoms with van der Waals surface area (Å²) in [5, 5.41) is 27.7. The molecule has 1 amide bonds. The first kappa shape index (κ1) is 28.3. The first-order valence-corrected chi connectivity index (χ1v) is 12.8. The Balaban J connectivity index is 2.00. The third-order valence-corrected chi connectivity index (χ3v) is 7.40. The number of nitrogens with one attached hydrogen (secondary N) is 2. The number of benzene rings is 2. The Kier molecular flexibility index (Phi) is 9.77. The molecular weight excluding hydrogens is 474 g/mol. The maximum atomic E-state index is 13.7. The standard InChI is InChI=1S/C28H37N3O6/c1-4-19(2)26(37-18-20-12-7-5-8-13-20)23-25(31(35)36)24(21-14-9-6-10-15-21)30-28(23,3)27(34)29-17-11-16-22(32)33/h5-10,12-15,19,23-26,30H,4,11,16-18H2,1-3H3,(H,29,34)(H,32,33)/t19-,23?,24-,25?,26?,28-/m0/s1. The van der Waals surface area contributed by atoms with Gasteiger partial charge in [-0.3, -0.25) is 25.0 Å². The molecule has 1 fully saturated rings. The predicted octanol–water partition coefficient (Wildman–Crippen LogP) is 3.96. The van der Waals surface area contributed by atoms with Gasteiger partial charge in [0.25, 0.3) is 0 Å². The van der Waals surface area contributed by atoms with E-state index in [1.165, 1.54) is 0 Å². The van der Waals surface area contributed by atoms with Gasteiger partial charge in [-0.1, -0.05) is 80.9 Å². The molecule has 3 rings (SSSR count). The number of nitrogens with zero attached hydrogens (tertiary/aromatic N) is 1. The fourth-order valence-corrected chi connectivity index (χ4v) is 5.23.